The van der Waals surface area contributed by atoms with Gasteiger partial charge in [0.2, 0.25) is 5.91 Å². The molecule has 0 fully saturated rings. The molecule has 1 aliphatic rings. The highest BCUT2D eigenvalue weighted by Crippen LogP contribution is 2.28. The van der Waals surface area contributed by atoms with Gasteiger partial charge in [0.1, 0.15) is 0 Å². The molecule has 0 bridgehead atoms. The molecule has 3 rings (SSSR count). The number of benzene rings is 2. The minimum Gasteiger partial charge on any atom is -0.375 e. The van der Waals surface area contributed by atoms with Crippen molar-refractivity contribution in [2.75, 3.05) is 29.6 Å². The largest absolute Gasteiger partial charge is 0.375 e. The van der Waals surface area contributed by atoms with Gasteiger partial charge in [-0.15, -0.1) is 11.8 Å². The third kappa shape index (κ3) is 2.90. The van der Waals surface area contributed by atoms with Gasteiger partial charge in [0.25, 0.3) is 0 Å². The van der Waals surface area contributed by atoms with Gasteiger partial charge in [-0.05, 0) is 36.4 Å². The number of rotatable bonds is 4. The third-order valence-corrected chi connectivity index (χ3v) is 4.52. The van der Waals surface area contributed by atoms with Gasteiger partial charge < -0.3 is 10.2 Å². The van der Waals surface area contributed by atoms with Gasteiger partial charge in [-0.3, -0.25) is 4.79 Å². The maximum Gasteiger partial charge on any atom is 0.246 e. The van der Waals surface area contributed by atoms with E-state index in [1.54, 1.807) is 11.8 Å². The van der Waals surface area contributed by atoms with E-state index in [2.05, 4.69) is 17.4 Å². The standard InChI is InChI=1S/C17H18N2OS/c1-21-16-9-5-3-7-14(16)18-12-17(20)19-11-10-13-6-2-4-8-15(13)19/h2-9,18H,10-12H2,1H3. The summed E-state index contributed by atoms with van der Waals surface area (Å²) in [6.07, 6.45) is 2.99. The normalized spacial score (nSPS) is 13.1. The zero-order valence-electron chi connectivity index (χ0n) is 12.0. The van der Waals surface area contributed by atoms with Crippen LogP contribution in [0.15, 0.2) is 53.4 Å². The summed E-state index contributed by atoms with van der Waals surface area (Å²) in [6, 6.07) is 16.2. The molecule has 0 radical (unpaired) electrons. The summed E-state index contributed by atoms with van der Waals surface area (Å²) in [5.41, 5.74) is 3.34. The number of para-hydroxylation sites is 2. The second-order valence-corrected chi connectivity index (χ2v) is 5.83. The molecule has 1 aliphatic heterocycles. The van der Waals surface area contributed by atoms with Crippen LogP contribution in [0, 0.1) is 0 Å². The summed E-state index contributed by atoms with van der Waals surface area (Å²) in [5.74, 6) is 0.121. The minimum absolute atomic E-state index is 0.121. The van der Waals surface area contributed by atoms with Crippen LogP contribution in [0.2, 0.25) is 0 Å². The number of carbonyl (C=O) groups is 1. The SMILES string of the molecule is CSc1ccccc1NCC(=O)N1CCc2ccccc21. The Morgan fingerprint density at radius 1 is 1.19 bits per heavy atom. The van der Waals surface area contributed by atoms with Crippen molar-refractivity contribution in [1.29, 1.82) is 0 Å². The van der Waals surface area contributed by atoms with E-state index in [0.717, 1.165) is 29.2 Å². The fourth-order valence-corrected chi connectivity index (χ4v) is 3.23. The number of carbonyl (C=O) groups excluding carboxylic acids is 1. The molecule has 0 spiro atoms. The quantitative estimate of drug-likeness (QED) is 0.878. The third-order valence-electron chi connectivity index (χ3n) is 3.73. The van der Waals surface area contributed by atoms with Crippen LogP contribution in [-0.2, 0) is 11.2 Å². The highest BCUT2D eigenvalue weighted by molar-refractivity contribution is 7.98. The molecule has 2 aromatic carbocycles. The predicted molar refractivity (Wildman–Crippen MR) is 89.2 cm³/mol. The van der Waals surface area contributed by atoms with E-state index in [0.29, 0.717) is 6.54 Å². The number of nitrogens with zero attached hydrogens (tertiary/aromatic N) is 1. The van der Waals surface area contributed by atoms with Crippen molar-refractivity contribution in [2.24, 2.45) is 0 Å². The highest BCUT2D eigenvalue weighted by atomic mass is 32.2. The van der Waals surface area contributed by atoms with Crippen molar-refractivity contribution in [2.45, 2.75) is 11.3 Å². The topological polar surface area (TPSA) is 32.3 Å². The molecule has 0 aromatic heterocycles. The van der Waals surface area contributed by atoms with Crippen molar-refractivity contribution in [3.8, 4) is 0 Å². The monoisotopic (exact) mass is 298 g/mol. The van der Waals surface area contributed by atoms with Gasteiger partial charge >= 0.3 is 0 Å². The van der Waals surface area contributed by atoms with Crippen LogP contribution in [0.25, 0.3) is 0 Å². The van der Waals surface area contributed by atoms with Crippen LogP contribution in [0.4, 0.5) is 11.4 Å². The summed E-state index contributed by atoms with van der Waals surface area (Å²) in [7, 11) is 0. The van der Waals surface area contributed by atoms with Gasteiger partial charge in [-0.2, -0.15) is 0 Å². The van der Waals surface area contributed by atoms with E-state index in [1.807, 2.05) is 47.6 Å². The number of amides is 1. The van der Waals surface area contributed by atoms with Crippen molar-refractivity contribution >= 4 is 29.0 Å². The van der Waals surface area contributed by atoms with Crippen molar-refractivity contribution in [3.63, 3.8) is 0 Å². The summed E-state index contributed by atoms with van der Waals surface area (Å²) in [4.78, 5) is 15.5. The second-order valence-electron chi connectivity index (χ2n) is 4.98. The Morgan fingerprint density at radius 3 is 2.81 bits per heavy atom. The summed E-state index contributed by atoms with van der Waals surface area (Å²) in [5, 5.41) is 3.26. The van der Waals surface area contributed by atoms with E-state index < -0.39 is 0 Å². The van der Waals surface area contributed by atoms with Gasteiger partial charge in [0.05, 0.1) is 6.54 Å². The molecule has 0 aliphatic carbocycles. The molecule has 1 N–H and O–H groups in total. The average molecular weight is 298 g/mol. The fourth-order valence-electron chi connectivity index (χ4n) is 2.65. The summed E-state index contributed by atoms with van der Waals surface area (Å²) < 4.78 is 0. The zero-order valence-corrected chi connectivity index (χ0v) is 12.8. The van der Waals surface area contributed by atoms with Gasteiger partial charge in [0.15, 0.2) is 0 Å². The van der Waals surface area contributed by atoms with Crippen LogP contribution in [0.1, 0.15) is 5.56 Å². The molecule has 3 nitrogen and oxygen atoms in total. The molecule has 4 heteroatoms. The molecule has 0 unspecified atom stereocenters. The Bertz CT molecular complexity index is 657. The number of nitrogens with one attached hydrogen (secondary N) is 1. The molecule has 1 heterocycles. The van der Waals surface area contributed by atoms with Crippen LogP contribution in [0.3, 0.4) is 0 Å². The van der Waals surface area contributed by atoms with Crippen LogP contribution in [0.5, 0.6) is 0 Å². The van der Waals surface area contributed by atoms with Crippen molar-refractivity contribution < 1.29 is 4.79 Å². The number of hydrogen-bond donors (Lipinski definition) is 1. The zero-order chi connectivity index (χ0) is 14.7. The van der Waals surface area contributed by atoms with Crippen LogP contribution in [-0.4, -0.2) is 25.3 Å². The van der Waals surface area contributed by atoms with Gasteiger partial charge in [-0.1, -0.05) is 30.3 Å². The van der Waals surface area contributed by atoms with Gasteiger partial charge in [-0.25, -0.2) is 0 Å². The van der Waals surface area contributed by atoms with Crippen molar-refractivity contribution in [3.05, 3.63) is 54.1 Å². The van der Waals surface area contributed by atoms with Crippen LogP contribution >= 0.6 is 11.8 Å². The number of hydrogen-bond acceptors (Lipinski definition) is 3. The number of anilines is 2. The molecular weight excluding hydrogens is 280 g/mol. The molecule has 0 saturated carbocycles. The molecular formula is C17H18N2OS. The Labute approximate surface area is 129 Å². The minimum atomic E-state index is 0.121. The Morgan fingerprint density at radius 2 is 1.95 bits per heavy atom. The summed E-state index contributed by atoms with van der Waals surface area (Å²) >= 11 is 1.68. The first-order chi connectivity index (χ1) is 10.3. The predicted octanol–water partition coefficient (Wildman–Crippen LogP) is 3.41. The van der Waals surface area contributed by atoms with E-state index in [-0.39, 0.29) is 5.91 Å². The first-order valence-corrected chi connectivity index (χ1v) is 8.27. The lowest BCUT2D eigenvalue weighted by Gasteiger charge is -2.18. The van der Waals surface area contributed by atoms with Gasteiger partial charge in [0, 0.05) is 22.8 Å². The Hall–Kier alpha value is -1.94. The van der Waals surface area contributed by atoms with Crippen molar-refractivity contribution in [1.82, 2.24) is 0 Å². The number of thioether (sulfide) groups is 1. The number of fused-ring (bicyclic) bond motifs is 1. The first kappa shape index (κ1) is 14.0. The fraction of sp³-hybridized carbons (Fsp3) is 0.235. The molecule has 0 atom stereocenters. The maximum absolute atomic E-state index is 12.4. The molecule has 0 saturated heterocycles. The lowest BCUT2D eigenvalue weighted by molar-refractivity contribution is -0.116. The second kappa shape index (κ2) is 6.22. The summed E-state index contributed by atoms with van der Waals surface area (Å²) in [6.45, 7) is 1.11. The van der Waals surface area contributed by atoms with E-state index in [4.69, 9.17) is 0 Å². The molecule has 1 amide bonds. The highest BCUT2D eigenvalue weighted by Gasteiger charge is 2.23. The molecule has 2 aromatic rings. The van der Waals surface area contributed by atoms with E-state index >= 15 is 0 Å². The molecule has 108 valence electrons. The van der Waals surface area contributed by atoms with E-state index in [1.165, 1.54) is 5.56 Å². The average Bonchev–Trinajstić information content (AvgIpc) is 2.97. The molecule has 21 heavy (non-hydrogen) atoms. The van der Waals surface area contributed by atoms with E-state index in [9.17, 15) is 4.79 Å². The lowest BCUT2D eigenvalue weighted by atomic mass is 10.2. The van der Waals surface area contributed by atoms with Crippen LogP contribution < -0.4 is 10.2 Å². The smallest absolute Gasteiger partial charge is 0.246 e. The Balaban J connectivity index is 1.68. The first-order valence-electron chi connectivity index (χ1n) is 7.05. The lowest BCUT2D eigenvalue weighted by Crippen LogP contribution is -2.34. The Kier molecular flexibility index (Phi) is 4.15. The maximum atomic E-state index is 12.4.